The van der Waals surface area contributed by atoms with Crippen molar-refractivity contribution in [2.45, 2.75) is 26.1 Å². The van der Waals surface area contributed by atoms with Gasteiger partial charge in [-0.3, -0.25) is 4.79 Å². The molecule has 4 aromatic rings. The summed E-state index contributed by atoms with van der Waals surface area (Å²) in [4.78, 5) is 17.8. The number of aromatic nitrogens is 3. The van der Waals surface area contributed by atoms with Crippen LogP contribution in [0.3, 0.4) is 0 Å². The lowest BCUT2D eigenvalue weighted by atomic mass is 9.94. The third kappa shape index (κ3) is 5.18. The van der Waals surface area contributed by atoms with Crippen molar-refractivity contribution in [3.05, 3.63) is 111 Å². The maximum Gasteiger partial charge on any atom is 0.251 e. The van der Waals surface area contributed by atoms with Crippen LogP contribution in [0.4, 0.5) is 5.95 Å². The number of rotatable bonds is 8. The molecule has 0 spiro atoms. The highest BCUT2D eigenvalue weighted by molar-refractivity contribution is 6.35. The average molecular weight is 550 g/mol. The average Bonchev–Trinajstić information content (AvgIpc) is 3.39. The maximum atomic E-state index is 13.5. The van der Waals surface area contributed by atoms with Crippen LogP contribution in [0.1, 0.15) is 29.7 Å². The number of carbonyl (C=O) groups is 1. The Labute approximate surface area is 230 Å². The van der Waals surface area contributed by atoms with Gasteiger partial charge in [-0.15, -0.1) is 0 Å². The number of anilines is 1. The topological polar surface area (TPSA) is 90.3 Å². The minimum absolute atomic E-state index is 0.168. The Morgan fingerprint density at radius 2 is 1.82 bits per heavy atom. The molecule has 1 atom stereocenters. The normalized spacial score (nSPS) is 14.5. The highest BCUT2D eigenvalue weighted by atomic mass is 35.5. The van der Waals surface area contributed by atoms with Crippen molar-refractivity contribution in [3.63, 3.8) is 0 Å². The Hall–Kier alpha value is -4.01. The van der Waals surface area contributed by atoms with Crippen LogP contribution < -0.4 is 20.1 Å². The van der Waals surface area contributed by atoms with Gasteiger partial charge in [-0.2, -0.15) is 10.1 Å². The minimum Gasteiger partial charge on any atom is -0.493 e. The van der Waals surface area contributed by atoms with Gasteiger partial charge in [0, 0.05) is 27.9 Å². The molecular weight excluding hydrogens is 525 g/mol. The predicted molar refractivity (Wildman–Crippen MR) is 147 cm³/mol. The second-order valence-electron chi connectivity index (χ2n) is 8.66. The van der Waals surface area contributed by atoms with Crippen LogP contribution >= 0.6 is 23.2 Å². The van der Waals surface area contributed by atoms with Crippen molar-refractivity contribution >= 4 is 35.1 Å². The number of methoxy groups -OCH3 is 1. The van der Waals surface area contributed by atoms with Gasteiger partial charge < -0.3 is 20.1 Å². The lowest BCUT2D eigenvalue weighted by Crippen LogP contribution is -2.34. The molecule has 10 heteroatoms. The van der Waals surface area contributed by atoms with E-state index in [1.54, 1.807) is 36.1 Å². The molecule has 0 saturated heterocycles. The molecule has 38 heavy (non-hydrogen) atoms. The quantitative estimate of drug-likeness (QED) is 0.289. The van der Waals surface area contributed by atoms with Crippen molar-refractivity contribution in [2.75, 3.05) is 12.4 Å². The van der Waals surface area contributed by atoms with Crippen LogP contribution in [0.25, 0.3) is 0 Å². The second-order valence-corrected chi connectivity index (χ2v) is 9.48. The summed E-state index contributed by atoms with van der Waals surface area (Å²) in [6.45, 7) is 2.42. The lowest BCUT2D eigenvalue weighted by molar-refractivity contribution is -0.118. The highest BCUT2D eigenvalue weighted by Crippen LogP contribution is 2.39. The first-order chi connectivity index (χ1) is 18.5. The number of hydrogen-bond donors (Lipinski definition) is 2. The summed E-state index contributed by atoms with van der Waals surface area (Å²) >= 11 is 12.6. The van der Waals surface area contributed by atoms with Crippen molar-refractivity contribution in [3.8, 4) is 11.5 Å². The second kappa shape index (κ2) is 11.2. The Morgan fingerprint density at radius 1 is 1.05 bits per heavy atom. The van der Waals surface area contributed by atoms with Gasteiger partial charge in [-0.05, 0) is 42.3 Å². The smallest absolute Gasteiger partial charge is 0.251 e. The van der Waals surface area contributed by atoms with Crippen LogP contribution in [-0.2, 0) is 17.9 Å². The Balaban J connectivity index is 1.44. The van der Waals surface area contributed by atoms with Gasteiger partial charge in [-0.25, -0.2) is 4.68 Å². The fourth-order valence-corrected chi connectivity index (χ4v) is 4.87. The maximum absolute atomic E-state index is 13.5. The Kier molecular flexibility index (Phi) is 7.53. The van der Waals surface area contributed by atoms with Gasteiger partial charge in [0.15, 0.2) is 11.5 Å². The van der Waals surface area contributed by atoms with Crippen LogP contribution in [0, 0.1) is 0 Å². The number of ether oxygens (including phenoxy) is 2. The summed E-state index contributed by atoms with van der Waals surface area (Å²) in [5, 5.41) is 11.7. The SMILES string of the molecule is COc1cc(C2C(C(=O)NCc3ccccc3)=C(C)Nc3ncnn32)ccc1OCc1c(Cl)cccc1Cl. The van der Waals surface area contributed by atoms with Gasteiger partial charge in [-0.1, -0.05) is 65.7 Å². The molecule has 5 rings (SSSR count). The zero-order chi connectivity index (χ0) is 26.6. The molecule has 2 heterocycles. The summed E-state index contributed by atoms with van der Waals surface area (Å²) < 4.78 is 13.4. The van der Waals surface area contributed by atoms with Gasteiger partial charge >= 0.3 is 0 Å². The Morgan fingerprint density at radius 3 is 2.55 bits per heavy atom. The van der Waals surface area contributed by atoms with E-state index >= 15 is 0 Å². The van der Waals surface area contributed by atoms with Gasteiger partial charge in [0.25, 0.3) is 5.91 Å². The summed E-state index contributed by atoms with van der Waals surface area (Å²) in [6, 6.07) is 20.0. The predicted octanol–water partition coefficient (Wildman–Crippen LogP) is 5.78. The highest BCUT2D eigenvalue weighted by Gasteiger charge is 2.34. The monoisotopic (exact) mass is 549 g/mol. The fraction of sp³-hybridized carbons (Fsp3) is 0.179. The molecular formula is C28H25Cl2N5O3. The molecule has 0 radical (unpaired) electrons. The van der Waals surface area contributed by atoms with E-state index in [-0.39, 0.29) is 12.5 Å². The van der Waals surface area contributed by atoms with E-state index in [0.29, 0.717) is 50.9 Å². The molecule has 194 valence electrons. The van der Waals surface area contributed by atoms with Crippen LogP contribution in [0.5, 0.6) is 11.5 Å². The zero-order valence-electron chi connectivity index (χ0n) is 20.7. The van der Waals surface area contributed by atoms with Crippen LogP contribution in [0.2, 0.25) is 10.0 Å². The molecule has 1 amide bonds. The Bertz CT molecular complexity index is 1480. The van der Waals surface area contributed by atoms with Gasteiger partial charge in [0.05, 0.1) is 12.7 Å². The standard InChI is InChI=1S/C28H25Cl2N5O3/c1-17-25(27(36)31-14-18-7-4-3-5-8-18)26(35-28(34-17)32-16-33-35)19-11-12-23(24(13-19)37-2)38-15-20-21(29)9-6-10-22(20)30/h3-13,16,26H,14-15H2,1-2H3,(H,31,36)(H,32,33,34). The molecule has 0 bridgehead atoms. The number of carbonyl (C=O) groups excluding carboxylic acids is 1. The molecule has 0 saturated carbocycles. The van der Waals surface area contributed by atoms with E-state index in [1.165, 1.54) is 6.33 Å². The third-order valence-corrected chi connectivity index (χ3v) is 6.98. The number of nitrogens with zero attached hydrogens (tertiary/aromatic N) is 3. The molecule has 0 aliphatic carbocycles. The molecule has 2 N–H and O–H groups in total. The number of amides is 1. The van der Waals surface area contributed by atoms with Gasteiger partial charge in [0.1, 0.15) is 19.0 Å². The van der Waals surface area contributed by atoms with Crippen molar-refractivity contribution < 1.29 is 14.3 Å². The number of halogens is 2. The number of fused-ring (bicyclic) bond motifs is 1. The first-order valence-electron chi connectivity index (χ1n) is 11.9. The molecule has 1 unspecified atom stereocenters. The molecule has 3 aromatic carbocycles. The number of allylic oxidation sites excluding steroid dienone is 1. The first-order valence-corrected chi connectivity index (χ1v) is 12.6. The summed E-state index contributed by atoms with van der Waals surface area (Å²) in [7, 11) is 1.56. The molecule has 8 nitrogen and oxygen atoms in total. The largest absolute Gasteiger partial charge is 0.493 e. The first kappa shape index (κ1) is 25.6. The summed E-state index contributed by atoms with van der Waals surface area (Å²) in [6.07, 6.45) is 1.45. The number of hydrogen-bond acceptors (Lipinski definition) is 6. The fourth-order valence-electron chi connectivity index (χ4n) is 4.36. The van der Waals surface area contributed by atoms with Crippen molar-refractivity contribution in [1.29, 1.82) is 0 Å². The minimum atomic E-state index is -0.537. The lowest BCUT2D eigenvalue weighted by Gasteiger charge is -2.29. The van der Waals surface area contributed by atoms with E-state index in [0.717, 1.165) is 11.1 Å². The van der Waals surface area contributed by atoms with Crippen LogP contribution in [0.15, 0.2) is 84.3 Å². The van der Waals surface area contributed by atoms with Crippen molar-refractivity contribution in [1.82, 2.24) is 20.1 Å². The molecule has 1 aromatic heterocycles. The third-order valence-electron chi connectivity index (χ3n) is 6.27. The number of nitrogens with one attached hydrogen (secondary N) is 2. The zero-order valence-corrected chi connectivity index (χ0v) is 22.3. The van der Waals surface area contributed by atoms with E-state index < -0.39 is 6.04 Å². The van der Waals surface area contributed by atoms with E-state index in [4.69, 9.17) is 32.7 Å². The molecule has 1 aliphatic rings. The summed E-state index contributed by atoms with van der Waals surface area (Å²) in [5.41, 5.74) is 3.68. The molecule has 1 aliphatic heterocycles. The summed E-state index contributed by atoms with van der Waals surface area (Å²) in [5.74, 6) is 1.33. The van der Waals surface area contributed by atoms with Crippen LogP contribution in [-0.4, -0.2) is 27.8 Å². The van der Waals surface area contributed by atoms with E-state index in [9.17, 15) is 4.79 Å². The van der Waals surface area contributed by atoms with Gasteiger partial charge in [0.2, 0.25) is 5.95 Å². The molecule has 0 fully saturated rings. The van der Waals surface area contributed by atoms with E-state index in [1.807, 2.05) is 49.4 Å². The van der Waals surface area contributed by atoms with E-state index in [2.05, 4.69) is 20.7 Å². The number of benzene rings is 3. The van der Waals surface area contributed by atoms with Crippen molar-refractivity contribution in [2.24, 2.45) is 0 Å².